The number of benzene rings is 2. The summed E-state index contributed by atoms with van der Waals surface area (Å²) in [7, 11) is 0. The third-order valence-electron chi connectivity index (χ3n) is 2.90. The van der Waals surface area contributed by atoms with Gasteiger partial charge in [-0.1, -0.05) is 36.4 Å². The fourth-order valence-corrected chi connectivity index (χ4v) is 2.06. The lowest BCUT2D eigenvalue weighted by molar-refractivity contribution is 0.361. The summed E-state index contributed by atoms with van der Waals surface area (Å²) in [5, 5.41) is 2.61. The van der Waals surface area contributed by atoms with Crippen molar-refractivity contribution in [1.82, 2.24) is 4.98 Å². The lowest BCUT2D eigenvalue weighted by Crippen LogP contribution is -1.80. The van der Waals surface area contributed by atoms with Gasteiger partial charge in [0.05, 0.1) is 6.54 Å². The van der Waals surface area contributed by atoms with E-state index >= 15 is 0 Å². The van der Waals surface area contributed by atoms with E-state index in [0.717, 1.165) is 13.2 Å². The molecule has 1 aliphatic rings. The number of rotatable bonds is 0. The maximum atomic E-state index is 4.65. The molecule has 0 spiro atoms. The first-order valence-corrected chi connectivity index (χ1v) is 6.00. The van der Waals surface area contributed by atoms with Gasteiger partial charge in [0, 0.05) is 21.8 Å². The lowest BCUT2D eigenvalue weighted by Gasteiger charge is -1.87. The Hall–Kier alpha value is -2.29. The number of aromatic amines is 1. The van der Waals surface area contributed by atoms with Crippen LogP contribution in [0.1, 0.15) is 0 Å². The maximum absolute atomic E-state index is 4.65. The van der Waals surface area contributed by atoms with Crippen LogP contribution in [0.4, 0.5) is 0 Å². The predicted octanol–water partition coefficient (Wildman–Crippen LogP) is 3.37. The molecule has 0 saturated heterocycles. The molecule has 3 aromatic rings. The van der Waals surface area contributed by atoms with E-state index in [1.54, 1.807) is 0 Å². The molecule has 0 aliphatic carbocycles. The van der Waals surface area contributed by atoms with E-state index in [1.807, 2.05) is 0 Å². The van der Waals surface area contributed by atoms with Crippen LogP contribution in [-0.4, -0.2) is 24.5 Å². The molecule has 2 aromatic carbocycles. The quantitative estimate of drug-likeness (QED) is 0.640. The number of aliphatic imine (C=N–C) groups is 1. The number of hydrogen-bond donors (Lipinski definition) is 1. The van der Waals surface area contributed by atoms with Gasteiger partial charge in [-0.25, -0.2) is 0 Å². The SMILES string of the molecule is C1=NCCO1.c1ccc2c(c1)[nH]c1ccccc12. The molecule has 1 aliphatic heterocycles. The van der Waals surface area contributed by atoms with E-state index in [-0.39, 0.29) is 0 Å². The highest BCUT2D eigenvalue weighted by molar-refractivity contribution is 6.06. The number of H-pyrrole nitrogens is 1. The van der Waals surface area contributed by atoms with E-state index in [2.05, 4.69) is 63.2 Å². The summed E-state index contributed by atoms with van der Waals surface area (Å²) in [4.78, 5) is 7.11. The Morgan fingerprint density at radius 2 is 1.50 bits per heavy atom. The zero-order valence-electron chi connectivity index (χ0n) is 9.97. The Bertz CT molecular complexity index is 629. The Balaban J connectivity index is 0.000000169. The van der Waals surface area contributed by atoms with Crippen molar-refractivity contribution in [3.8, 4) is 0 Å². The van der Waals surface area contributed by atoms with Gasteiger partial charge in [-0.2, -0.15) is 0 Å². The number of ether oxygens (including phenoxy) is 1. The highest BCUT2D eigenvalue weighted by atomic mass is 16.5. The average molecular weight is 238 g/mol. The van der Waals surface area contributed by atoms with Gasteiger partial charge in [-0.05, 0) is 12.1 Å². The fourth-order valence-electron chi connectivity index (χ4n) is 2.06. The smallest absolute Gasteiger partial charge is 0.169 e. The summed E-state index contributed by atoms with van der Waals surface area (Å²) in [5.41, 5.74) is 2.42. The topological polar surface area (TPSA) is 37.4 Å². The highest BCUT2D eigenvalue weighted by Gasteiger charge is 2.00. The number of para-hydroxylation sites is 2. The minimum Gasteiger partial charge on any atom is -0.482 e. The Morgan fingerprint density at radius 3 is 1.94 bits per heavy atom. The molecule has 1 N–H and O–H groups in total. The average Bonchev–Trinajstić information content (AvgIpc) is 3.10. The van der Waals surface area contributed by atoms with E-state index in [9.17, 15) is 0 Å². The molecule has 0 unspecified atom stereocenters. The van der Waals surface area contributed by atoms with Gasteiger partial charge in [0.2, 0.25) is 0 Å². The number of hydrogen-bond acceptors (Lipinski definition) is 2. The van der Waals surface area contributed by atoms with E-state index < -0.39 is 0 Å². The minimum atomic E-state index is 0.778. The second kappa shape index (κ2) is 4.92. The van der Waals surface area contributed by atoms with Crippen LogP contribution in [0.25, 0.3) is 21.8 Å². The van der Waals surface area contributed by atoms with Gasteiger partial charge >= 0.3 is 0 Å². The van der Waals surface area contributed by atoms with Crippen molar-refractivity contribution >= 4 is 28.2 Å². The van der Waals surface area contributed by atoms with Gasteiger partial charge in [0.1, 0.15) is 6.61 Å². The molecule has 0 amide bonds. The van der Waals surface area contributed by atoms with Gasteiger partial charge < -0.3 is 9.72 Å². The van der Waals surface area contributed by atoms with Crippen LogP contribution in [0.5, 0.6) is 0 Å². The van der Waals surface area contributed by atoms with Gasteiger partial charge in [0.15, 0.2) is 6.40 Å². The zero-order valence-corrected chi connectivity index (χ0v) is 9.97. The van der Waals surface area contributed by atoms with Crippen molar-refractivity contribution in [2.75, 3.05) is 13.2 Å². The Morgan fingerprint density at radius 1 is 0.889 bits per heavy atom. The minimum absolute atomic E-state index is 0.778. The monoisotopic (exact) mass is 238 g/mol. The van der Waals surface area contributed by atoms with Crippen LogP contribution < -0.4 is 0 Å². The fraction of sp³-hybridized carbons (Fsp3) is 0.133. The van der Waals surface area contributed by atoms with Gasteiger partial charge in [-0.15, -0.1) is 0 Å². The summed E-state index contributed by atoms with van der Waals surface area (Å²) in [6.07, 6.45) is 1.49. The van der Waals surface area contributed by atoms with Crippen molar-refractivity contribution < 1.29 is 4.74 Å². The van der Waals surface area contributed by atoms with E-state index in [0.29, 0.717) is 0 Å². The molecule has 0 saturated carbocycles. The summed E-state index contributed by atoms with van der Waals surface area (Å²) >= 11 is 0. The van der Waals surface area contributed by atoms with Crippen molar-refractivity contribution in [3.63, 3.8) is 0 Å². The second-order valence-electron chi connectivity index (χ2n) is 4.10. The maximum Gasteiger partial charge on any atom is 0.169 e. The first-order chi connectivity index (χ1) is 8.95. The largest absolute Gasteiger partial charge is 0.482 e. The summed E-state index contributed by atoms with van der Waals surface area (Å²) in [6.45, 7) is 1.62. The molecule has 4 rings (SSSR count). The first-order valence-electron chi connectivity index (χ1n) is 6.00. The molecule has 0 fully saturated rings. The van der Waals surface area contributed by atoms with E-state index in [1.165, 1.54) is 28.2 Å². The first kappa shape index (κ1) is 10.8. The number of nitrogens with zero attached hydrogens (tertiary/aromatic N) is 1. The normalized spacial score (nSPS) is 13.3. The highest BCUT2D eigenvalue weighted by Crippen LogP contribution is 2.24. The molecule has 0 bridgehead atoms. The molecule has 0 atom stereocenters. The zero-order chi connectivity index (χ0) is 12.2. The number of fused-ring (bicyclic) bond motifs is 3. The molecule has 90 valence electrons. The van der Waals surface area contributed by atoms with E-state index in [4.69, 9.17) is 0 Å². The molecule has 1 aromatic heterocycles. The van der Waals surface area contributed by atoms with Gasteiger partial charge in [-0.3, -0.25) is 4.99 Å². The molecule has 2 heterocycles. The van der Waals surface area contributed by atoms with Crippen molar-refractivity contribution in [1.29, 1.82) is 0 Å². The Kier molecular flexibility index (Phi) is 2.96. The number of nitrogens with one attached hydrogen (secondary N) is 1. The molecule has 0 radical (unpaired) electrons. The Labute approximate surface area is 105 Å². The van der Waals surface area contributed by atoms with Gasteiger partial charge in [0.25, 0.3) is 0 Å². The van der Waals surface area contributed by atoms with Crippen molar-refractivity contribution in [2.45, 2.75) is 0 Å². The molecule has 18 heavy (non-hydrogen) atoms. The second-order valence-corrected chi connectivity index (χ2v) is 4.10. The lowest BCUT2D eigenvalue weighted by atomic mass is 10.2. The van der Waals surface area contributed by atoms with Crippen molar-refractivity contribution in [2.24, 2.45) is 4.99 Å². The standard InChI is InChI=1S/C12H9N.C3H5NO/c1-3-7-11-9(5-1)10-6-2-4-8-12(10)13-11;1-2-5-3-4-1/h1-8,13H;3H,1-2H2. The molecule has 3 nitrogen and oxygen atoms in total. The molecular formula is C15H14N2O. The van der Waals surface area contributed by atoms with Crippen LogP contribution in [-0.2, 0) is 4.74 Å². The van der Waals surface area contributed by atoms with Crippen LogP contribution in [0.3, 0.4) is 0 Å². The number of aromatic nitrogens is 1. The third-order valence-corrected chi connectivity index (χ3v) is 2.90. The van der Waals surface area contributed by atoms with Crippen LogP contribution in [0.15, 0.2) is 53.5 Å². The summed E-state index contributed by atoms with van der Waals surface area (Å²) in [5.74, 6) is 0. The van der Waals surface area contributed by atoms with Crippen molar-refractivity contribution in [3.05, 3.63) is 48.5 Å². The summed E-state index contributed by atoms with van der Waals surface area (Å²) < 4.78 is 4.65. The summed E-state index contributed by atoms with van der Waals surface area (Å²) in [6, 6.07) is 16.8. The third kappa shape index (κ3) is 2.07. The molecule has 3 heteroatoms. The molecular weight excluding hydrogens is 224 g/mol. The predicted molar refractivity (Wildman–Crippen MR) is 75.1 cm³/mol. The van der Waals surface area contributed by atoms with Crippen LogP contribution in [0.2, 0.25) is 0 Å². The van der Waals surface area contributed by atoms with Crippen LogP contribution in [0, 0.1) is 0 Å². The van der Waals surface area contributed by atoms with Crippen LogP contribution >= 0.6 is 0 Å².